The van der Waals surface area contributed by atoms with Crippen LogP contribution in [0.15, 0.2) is 30.9 Å². The quantitative estimate of drug-likeness (QED) is 0.649. The molecule has 0 saturated heterocycles. The van der Waals surface area contributed by atoms with Gasteiger partial charge in [-0.1, -0.05) is 0 Å². The van der Waals surface area contributed by atoms with Crippen molar-refractivity contribution in [2.75, 3.05) is 12.4 Å². The number of anilines is 1. The molecule has 8 heteroatoms. The standard InChI is InChI=1S/C20H21F2N5O/c1-23-18-16-15(10-25-19(16)27-11-26-18)17(28)13-2-3-14(24-9-13)8-12-4-6-20(21,22)7-5-12/h2-3,9-12H,4-8H2,1H3,(H2,23,25,26,27). The largest absolute Gasteiger partial charge is 0.372 e. The molecule has 3 aromatic heterocycles. The van der Waals surface area contributed by atoms with E-state index in [0.717, 1.165) is 5.69 Å². The number of fused-ring (bicyclic) bond motifs is 1. The summed E-state index contributed by atoms with van der Waals surface area (Å²) in [6.45, 7) is 0. The molecule has 1 fully saturated rings. The van der Waals surface area contributed by atoms with E-state index in [2.05, 4.69) is 25.3 Å². The van der Waals surface area contributed by atoms with E-state index in [1.807, 2.05) is 6.07 Å². The van der Waals surface area contributed by atoms with Crippen LogP contribution >= 0.6 is 0 Å². The fourth-order valence-electron chi connectivity index (χ4n) is 3.77. The van der Waals surface area contributed by atoms with Gasteiger partial charge in [0.25, 0.3) is 0 Å². The van der Waals surface area contributed by atoms with E-state index in [1.165, 1.54) is 6.33 Å². The number of carbonyl (C=O) groups excluding carboxylic acids is 1. The molecule has 0 atom stereocenters. The number of rotatable bonds is 5. The number of nitrogens with zero attached hydrogens (tertiary/aromatic N) is 3. The molecule has 0 aromatic carbocycles. The van der Waals surface area contributed by atoms with Gasteiger partial charge in [0.15, 0.2) is 5.78 Å². The van der Waals surface area contributed by atoms with Gasteiger partial charge in [-0.05, 0) is 37.3 Å². The predicted octanol–water partition coefficient (Wildman–Crippen LogP) is 3.99. The molecule has 1 aliphatic rings. The van der Waals surface area contributed by atoms with E-state index < -0.39 is 5.92 Å². The average molecular weight is 385 g/mol. The lowest BCUT2D eigenvalue weighted by atomic mass is 9.84. The number of alkyl halides is 2. The summed E-state index contributed by atoms with van der Waals surface area (Å²) in [5, 5.41) is 3.61. The molecule has 0 aliphatic heterocycles. The minimum absolute atomic E-state index is 0.0509. The zero-order valence-corrected chi connectivity index (χ0v) is 15.5. The van der Waals surface area contributed by atoms with Gasteiger partial charge in [-0.3, -0.25) is 9.78 Å². The smallest absolute Gasteiger partial charge is 0.248 e. The van der Waals surface area contributed by atoms with Crippen LogP contribution in [0.1, 0.15) is 47.3 Å². The van der Waals surface area contributed by atoms with Gasteiger partial charge in [-0.15, -0.1) is 0 Å². The number of hydrogen-bond donors (Lipinski definition) is 2. The van der Waals surface area contributed by atoms with Crippen molar-refractivity contribution in [3.8, 4) is 0 Å². The van der Waals surface area contributed by atoms with Crippen molar-refractivity contribution < 1.29 is 13.6 Å². The molecule has 0 bridgehead atoms. The predicted molar refractivity (Wildman–Crippen MR) is 102 cm³/mol. The molecule has 146 valence electrons. The van der Waals surface area contributed by atoms with Crippen LogP contribution in [-0.4, -0.2) is 38.7 Å². The van der Waals surface area contributed by atoms with Crippen molar-refractivity contribution in [3.05, 3.63) is 47.7 Å². The lowest BCUT2D eigenvalue weighted by Crippen LogP contribution is -2.25. The highest BCUT2D eigenvalue weighted by Crippen LogP contribution is 2.37. The maximum Gasteiger partial charge on any atom is 0.248 e. The van der Waals surface area contributed by atoms with E-state index in [-0.39, 0.29) is 24.5 Å². The molecular weight excluding hydrogens is 364 g/mol. The lowest BCUT2D eigenvalue weighted by molar-refractivity contribution is -0.0457. The summed E-state index contributed by atoms with van der Waals surface area (Å²) in [6.07, 6.45) is 6.19. The molecule has 3 aromatic rings. The summed E-state index contributed by atoms with van der Waals surface area (Å²) in [5.74, 6) is -1.89. The van der Waals surface area contributed by atoms with Crippen molar-refractivity contribution in [1.29, 1.82) is 0 Å². The Morgan fingerprint density at radius 2 is 2.04 bits per heavy atom. The van der Waals surface area contributed by atoms with Gasteiger partial charge in [-0.25, -0.2) is 18.7 Å². The fraction of sp³-hybridized carbons (Fsp3) is 0.400. The highest BCUT2D eigenvalue weighted by molar-refractivity contribution is 6.17. The molecule has 1 saturated carbocycles. The van der Waals surface area contributed by atoms with Crippen molar-refractivity contribution in [2.24, 2.45) is 5.92 Å². The lowest BCUT2D eigenvalue weighted by Gasteiger charge is -2.27. The summed E-state index contributed by atoms with van der Waals surface area (Å²) in [5.41, 5.74) is 2.35. The third kappa shape index (κ3) is 3.58. The third-order valence-electron chi connectivity index (χ3n) is 5.37. The van der Waals surface area contributed by atoms with E-state index >= 15 is 0 Å². The summed E-state index contributed by atoms with van der Waals surface area (Å²) in [7, 11) is 1.74. The number of nitrogens with one attached hydrogen (secondary N) is 2. The number of aromatic nitrogens is 4. The maximum atomic E-state index is 13.3. The first kappa shape index (κ1) is 18.5. The van der Waals surface area contributed by atoms with Gasteiger partial charge in [-0.2, -0.15) is 0 Å². The van der Waals surface area contributed by atoms with Gasteiger partial charge in [0.05, 0.1) is 10.9 Å². The second-order valence-electron chi connectivity index (χ2n) is 7.27. The van der Waals surface area contributed by atoms with E-state index in [0.29, 0.717) is 47.2 Å². The summed E-state index contributed by atoms with van der Waals surface area (Å²) in [4.78, 5) is 28.6. The van der Waals surface area contributed by atoms with Gasteiger partial charge in [0.2, 0.25) is 5.92 Å². The molecular formula is C20H21F2N5O. The zero-order chi connectivity index (χ0) is 19.7. The van der Waals surface area contributed by atoms with E-state index in [1.54, 1.807) is 25.5 Å². The third-order valence-corrected chi connectivity index (χ3v) is 5.37. The minimum Gasteiger partial charge on any atom is -0.372 e. The van der Waals surface area contributed by atoms with E-state index in [4.69, 9.17) is 0 Å². The fourth-order valence-corrected chi connectivity index (χ4v) is 3.77. The molecule has 28 heavy (non-hydrogen) atoms. The monoisotopic (exact) mass is 385 g/mol. The van der Waals surface area contributed by atoms with Crippen LogP contribution < -0.4 is 5.32 Å². The minimum atomic E-state index is -2.52. The van der Waals surface area contributed by atoms with Gasteiger partial charge >= 0.3 is 0 Å². The normalized spacial score (nSPS) is 17.0. The Hall–Kier alpha value is -2.90. The summed E-state index contributed by atoms with van der Waals surface area (Å²) < 4.78 is 26.6. The highest BCUT2D eigenvalue weighted by atomic mass is 19.3. The second kappa shape index (κ2) is 7.26. The molecule has 0 unspecified atom stereocenters. The number of hydrogen-bond acceptors (Lipinski definition) is 5. The topological polar surface area (TPSA) is 83.6 Å². The Kier molecular flexibility index (Phi) is 4.78. The number of carbonyl (C=O) groups is 1. The number of pyridine rings is 1. The Bertz CT molecular complexity index is 990. The average Bonchev–Trinajstić information content (AvgIpc) is 3.14. The van der Waals surface area contributed by atoms with Gasteiger partial charge < -0.3 is 10.3 Å². The van der Waals surface area contributed by atoms with Crippen molar-refractivity contribution in [2.45, 2.75) is 38.0 Å². The number of H-pyrrole nitrogens is 1. The molecule has 0 radical (unpaired) electrons. The van der Waals surface area contributed by atoms with Crippen LogP contribution in [0.3, 0.4) is 0 Å². The van der Waals surface area contributed by atoms with Crippen LogP contribution in [0.2, 0.25) is 0 Å². The van der Waals surface area contributed by atoms with Crippen LogP contribution in [0, 0.1) is 5.92 Å². The SMILES string of the molecule is CNc1ncnc2[nH]cc(C(=O)c3ccc(CC4CCC(F)(F)CC4)nc3)c12. The zero-order valence-electron chi connectivity index (χ0n) is 15.5. The van der Waals surface area contributed by atoms with Gasteiger partial charge in [0, 0.05) is 43.5 Å². The molecule has 2 N–H and O–H groups in total. The number of aromatic amines is 1. The molecule has 0 spiro atoms. The Balaban J connectivity index is 1.51. The highest BCUT2D eigenvalue weighted by Gasteiger charge is 2.34. The Morgan fingerprint density at radius 3 is 2.71 bits per heavy atom. The Labute approximate surface area is 160 Å². The Morgan fingerprint density at radius 1 is 1.25 bits per heavy atom. The van der Waals surface area contributed by atoms with Crippen molar-refractivity contribution in [1.82, 2.24) is 19.9 Å². The second-order valence-corrected chi connectivity index (χ2v) is 7.27. The molecule has 1 aliphatic carbocycles. The van der Waals surface area contributed by atoms with Crippen LogP contribution in [0.5, 0.6) is 0 Å². The van der Waals surface area contributed by atoms with E-state index in [9.17, 15) is 13.6 Å². The summed E-state index contributed by atoms with van der Waals surface area (Å²) >= 11 is 0. The summed E-state index contributed by atoms with van der Waals surface area (Å²) in [6, 6.07) is 3.55. The van der Waals surface area contributed by atoms with Crippen molar-refractivity contribution >= 4 is 22.6 Å². The number of halogens is 2. The molecule has 6 nitrogen and oxygen atoms in total. The molecule has 0 amide bonds. The van der Waals surface area contributed by atoms with Crippen molar-refractivity contribution in [3.63, 3.8) is 0 Å². The maximum absolute atomic E-state index is 13.3. The molecule has 3 heterocycles. The van der Waals surface area contributed by atoms with Crippen LogP contribution in [0.4, 0.5) is 14.6 Å². The first-order chi connectivity index (χ1) is 13.5. The molecule has 4 rings (SSSR count). The first-order valence-electron chi connectivity index (χ1n) is 9.34. The van der Waals surface area contributed by atoms with Crippen LogP contribution in [0.25, 0.3) is 11.0 Å². The van der Waals surface area contributed by atoms with Gasteiger partial charge in [0.1, 0.15) is 17.8 Å². The van der Waals surface area contributed by atoms with Crippen LogP contribution in [-0.2, 0) is 6.42 Å². The number of ketones is 1. The first-order valence-corrected chi connectivity index (χ1v) is 9.34.